The van der Waals surface area contributed by atoms with Crippen LogP contribution in [-0.4, -0.2) is 62.9 Å². The lowest BCUT2D eigenvalue weighted by Crippen LogP contribution is -2.40. The molecule has 3 rings (SSSR count). The zero-order chi connectivity index (χ0) is 18.6. The Morgan fingerprint density at radius 3 is 2.23 bits per heavy atom. The Kier molecular flexibility index (Phi) is 6.32. The summed E-state index contributed by atoms with van der Waals surface area (Å²) in [6.07, 6.45) is 5.55. The van der Waals surface area contributed by atoms with Crippen molar-refractivity contribution < 1.29 is 17.9 Å². The van der Waals surface area contributed by atoms with Gasteiger partial charge in [0.05, 0.1) is 18.1 Å². The van der Waals surface area contributed by atoms with Crippen LogP contribution in [0.5, 0.6) is 0 Å². The lowest BCUT2D eigenvalue weighted by atomic mass is 10.0. The highest BCUT2D eigenvalue weighted by molar-refractivity contribution is 7.89. The first-order chi connectivity index (χ1) is 12.5. The van der Waals surface area contributed by atoms with Gasteiger partial charge in [-0.05, 0) is 37.5 Å². The number of benzene rings is 1. The number of hydrogen-bond acceptors (Lipinski definition) is 4. The molecule has 2 fully saturated rings. The van der Waals surface area contributed by atoms with Gasteiger partial charge < -0.3 is 9.64 Å². The molecule has 26 heavy (non-hydrogen) atoms. The van der Waals surface area contributed by atoms with Crippen molar-refractivity contribution in [3.63, 3.8) is 0 Å². The third kappa shape index (κ3) is 4.27. The number of ether oxygens (including phenoxy) is 1. The quantitative estimate of drug-likeness (QED) is 0.808. The van der Waals surface area contributed by atoms with Crippen molar-refractivity contribution in [3.05, 3.63) is 29.3 Å². The van der Waals surface area contributed by atoms with E-state index in [1.54, 1.807) is 18.2 Å². The Morgan fingerprint density at radius 2 is 1.58 bits per heavy atom. The van der Waals surface area contributed by atoms with Crippen molar-refractivity contribution in [2.75, 3.05) is 39.4 Å². The van der Waals surface area contributed by atoms with E-state index in [2.05, 4.69) is 0 Å². The van der Waals surface area contributed by atoms with Gasteiger partial charge in [0.25, 0.3) is 5.91 Å². The molecule has 2 aliphatic rings. The fourth-order valence-corrected chi connectivity index (χ4v) is 4.98. The minimum absolute atomic E-state index is 0.0524. The van der Waals surface area contributed by atoms with Crippen molar-refractivity contribution in [2.45, 2.75) is 43.9 Å². The fourth-order valence-electron chi connectivity index (χ4n) is 3.55. The molecule has 0 aliphatic carbocycles. The first-order valence-electron chi connectivity index (χ1n) is 9.48. The Labute approximate surface area is 156 Å². The minimum Gasteiger partial charge on any atom is -0.379 e. The van der Waals surface area contributed by atoms with Gasteiger partial charge in [-0.3, -0.25) is 4.79 Å². The van der Waals surface area contributed by atoms with Crippen LogP contribution in [0.1, 0.15) is 48.0 Å². The first kappa shape index (κ1) is 19.3. The standard InChI is InChI=1S/C19H28N2O4S/c1-16-7-8-17(26(23,24)21-11-13-25-14-12-21)15-18(16)19(22)20-9-5-3-2-4-6-10-20/h7-8,15H,2-6,9-14H2,1H3. The van der Waals surface area contributed by atoms with E-state index in [9.17, 15) is 13.2 Å². The number of likely N-dealkylation sites (tertiary alicyclic amines) is 1. The second-order valence-electron chi connectivity index (χ2n) is 7.05. The summed E-state index contributed by atoms with van der Waals surface area (Å²) in [5.41, 5.74) is 1.32. The van der Waals surface area contributed by atoms with Gasteiger partial charge in [0.1, 0.15) is 0 Å². The largest absolute Gasteiger partial charge is 0.379 e. The van der Waals surface area contributed by atoms with Crippen LogP contribution >= 0.6 is 0 Å². The molecule has 7 heteroatoms. The molecule has 1 aromatic rings. The molecule has 144 valence electrons. The van der Waals surface area contributed by atoms with Gasteiger partial charge in [0.2, 0.25) is 10.0 Å². The van der Waals surface area contributed by atoms with E-state index in [4.69, 9.17) is 4.74 Å². The maximum absolute atomic E-state index is 13.0. The van der Waals surface area contributed by atoms with E-state index in [1.807, 2.05) is 11.8 Å². The minimum atomic E-state index is -3.60. The summed E-state index contributed by atoms with van der Waals surface area (Å²) in [7, 11) is -3.60. The third-order valence-corrected chi connectivity index (χ3v) is 7.09. The third-order valence-electron chi connectivity index (χ3n) is 5.19. The van der Waals surface area contributed by atoms with Crippen LogP contribution in [0.2, 0.25) is 0 Å². The van der Waals surface area contributed by atoms with E-state index in [0.717, 1.165) is 44.3 Å². The molecule has 0 atom stereocenters. The van der Waals surface area contributed by atoms with Crippen molar-refractivity contribution in [2.24, 2.45) is 0 Å². The van der Waals surface area contributed by atoms with Crippen LogP contribution in [0.25, 0.3) is 0 Å². The predicted octanol–water partition coefficient (Wildman–Crippen LogP) is 2.42. The monoisotopic (exact) mass is 380 g/mol. The summed E-state index contributed by atoms with van der Waals surface area (Å²) in [6.45, 7) is 4.88. The van der Waals surface area contributed by atoms with Gasteiger partial charge in [-0.15, -0.1) is 0 Å². The molecule has 0 spiro atoms. The van der Waals surface area contributed by atoms with Crippen LogP contribution in [0.15, 0.2) is 23.1 Å². The van der Waals surface area contributed by atoms with Gasteiger partial charge in [-0.2, -0.15) is 4.31 Å². The van der Waals surface area contributed by atoms with Gasteiger partial charge in [-0.1, -0.05) is 25.3 Å². The van der Waals surface area contributed by atoms with Crippen molar-refractivity contribution in [3.8, 4) is 0 Å². The number of amides is 1. The number of hydrogen-bond donors (Lipinski definition) is 0. The molecule has 2 saturated heterocycles. The molecule has 2 heterocycles. The van der Waals surface area contributed by atoms with E-state index in [0.29, 0.717) is 31.9 Å². The summed E-state index contributed by atoms with van der Waals surface area (Å²) in [5.74, 6) is -0.0524. The zero-order valence-electron chi connectivity index (χ0n) is 15.4. The van der Waals surface area contributed by atoms with Gasteiger partial charge >= 0.3 is 0 Å². The second kappa shape index (κ2) is 8.50. The molecule has 0 aromatic heterocycles. The number of nitrogens with zero attached hydrogens (tertiary/aromatic N) is 2. The van der Waals surface area contributed by atoms with Crippen LogP contribution in [0.4, 0.5) is 0 Å². The number of carbonyl (C=O) groups excluding carboxylic acids is 1. The van der Waals surface area contributed by atoms with E-state index >= 15 is 0 Å². The maximum Gasteiger partial charge on any atom is 0.254 e. The fraction of sp³-hybridized carbons (Fsp3) is 0.632. The van der Waals surface area contributed by atoms with Crippen molar-refractivity contribution >= 4 is 15.9 Å². The summed E-state index contributed by atoms with van der Waals surface area (Å²) >= 11 is 0. The normalized spacial score (nSPS) is 20.4. The van der Waals surface area contributed by atoms with Gasteiger partial charge in [0, 0.05) is 31.7 Å². The van der Waals surface area contributed by atoms with Gasteiger partial charge in [0.15, 0.2) is 0 Å². The Balaban J connectivity index is 1.85. The van der Waals surface area contributed by atoms with Crippen molar-refractivity contribution in [1.29, 1.82) is 0 Å². The smallest absolute Gasteiger partial charge is 0.254 e. The van der Waals surface area contributed by atoms with Crippen LogP contribution in [0, 0.1) is 6.92 Å². The van der Waals surface area contributed by atoms with Crippen LogP contribution in [-0.2, 0) is 14.8 Å². The number of aryl methyl sites for hydroxylation is 1. The maximum atomic E-state index is 13.0. The highest BCUT2D eigenvalue weighted by Gasteiger charge is 2.28. The summed E-state index contributed by atoms with van der Waals surface area (Å²) in [5, 5.41) is 0. The number of carbonyl (C=O) groups is 1. The second-order valence-corrected chi connectivity index (χ2v) is 8.99. The molecule has 0 unspecified atom stereocenters. The number of sulfonamides is 1. The van der Waals surface area contributed by atoms with Gasteiger partial charge in [-0.25, -0.2) is 8.42 Å². The highest BCUT2D eigenvalue weighted by Crippen LogP contribution is 2.22. The molecule has 1 amide bonds. The summed E-state index contributed by atoms with van der Waals surface area (Å²) in [6, 6.07) is 4.90. The zero-order valence-corrected chi connectivity index (χ0v) is 16.3. The molecule has 6 nitrogen and oxygen atoms in total. The Bertz CT molecular complexity index is 734. The summed E-state index contributed by atoms with van der Waals surface area (Å²) < 4.78 is 32.5. The molecular formula is C19H28N2O4S. The molecule has 2 aliphatic heterocycles. The average molecular weight is 381 g/mol. The van der Waals surface area contributed by atoms with E-state index in [1.165, 1.54) is 10.7 Å². The molecular weight excluding hydrogens is 352 g/mol. The topological polar surface area (TPSA) is 66.9 Å². The Hall–Kier alpha value is -1.44. The number of rotatable bonds is 3. The molecule has 0 bridgehead atoms. The number of morpholine rings is 1. The predicted molar refractivity (Wildman–Crippen MR) is 99.7 cm³/mol. The van der Waals surface area contributed by atoms with Crippen LogP contribution < -0.4 is 0 Å². The van der Waals surface area contributed by atoms with E-state index < -0.39 is 10.0 Å². The molecule has 0 saturated carbocycles. The molecule has 0 N–H and O–H groups in total. The summed E-state index contributed by atoms with van der Waals surface area (Å²) in [4.78, 5) is 15.1. The highest BCUT2D eigenvalue weighted by atomic mass is 32.2. The molecule has 1 aromatic carbocycles. The lowest BCUT2D eigenvalue weighted by molar-refractivity contribution is 0.0728. The van der Waals surface area contributed by atoms with E-state index in [-0.39, 0.29) is 10.8 Å². The van der Waals surface area contributed by atoms with Crippen LogP contribution in [0.3, 0.4) is 0 Å². The molecule has 0 radical (unpaired) electrons. The first-order valence-corrected chi connectivity index (χ1v) is 10.9. The Morgan fingerprint density at radius 1 is 0.962 bits per heavy atom. The average Bonchev–Trinajstić information content (AvgIpc) is 2.62. The SMILES string of the molecule is Cc1ccc(S(=O)(=O)N2CCOCC2)cc1C(=O)N1CCCCCCC1. The van der Waals surface area contributed by atoms with Crippen molar-refractivity contribution in [1.82, 2.24) is 9.21 Å². The lowest BCUT2D eigenvalue weighted by Gasteiger charge is -2.27.